The molecule has 0 bridgehead atoms. The van der Waals surface area contributed by atoms with Crippen molar-refractivity contribution >= 4 is 17.5 Å². The van der Waals surface area contributed by atoms with Crippen LogP contribution in [0.5, 0.6) is 0 Å². The fourth-order valence-corrected chi connectivity index (χ4v) is 2.09. The molecule has 76 valence electrons. The van der Waals surface area contributed by atoms with Crippen LogP contribution in [0, 0.1) is 6.92 Å². The topological polar surface area (TPSA) is 17.1 Å². The van der Waals surface area contributed by atoms with E-state index in [1.165, 1.54) is 11.1 Å². The Hall–Kier alpha value is -0.760. The largest absolute Gasteiger partial charge is 0.299 e. The zero-order valence-electron chi connectivity index (χ0n) is 8.91. The van der Waals surface area contributed by atoms with Crippen molar-refractivity contribution in [2.24, 2.45) is 0 Å². The normalized spacial score (nSPS) is 12.5. The maximum Gasteiger partial charge on any atom is 0.142 e. The lowest BCUT2D eigenvalue weighted by molar-refractivity contribution is -0.116. The van der Waals surface area contributed by atoms with Gasteiger partial charge in [0, 0.05) is 5.75 Å². The van der Waals surface area contributed by atoms with Crippen molar-refractivity contribution in [2.45, 2.75) is 31.8 Å². The van der Waals surface area contributed by atoms with Gasteiger partial charge in [0.15, 0.2) is 0 Å². The van der Waals surface area contributed by atoms with E-state index in [4.69, 9.17) is 0 Å². The Labute approximate surface area is 89.9 Å². The molecule has 0 spiro atoms. The van der Waals surface area contributed by atoms with Crippen molar-refractivity contribution < 1.29 is 4.79 Å². The van der Waals surface area contributed by atoms with E-state index in [0.29, 0.717) is 0 Å². The molecule has 1 rings (SSSR count). The predicted octanol–water partition coefficient (Wildman–Crippen LogP) is 3.21. The van der Waals surface area contributed by atoms with Crippen molar-refractivity contribution in [1.82, 2.24) is 0 Å². The predicted molar refractivity (Wildman–Crippen MR) is 62.6 cm³/mol. The molecule has 1 aromatic carbocycles. The quantitative estimate of drug-likeness (QED) is 0.755. The van der Waals surface area contributed by atoms with Crippen LogP contribution >= 0.6 is 11.8 Å². The van der Waals surface area contributed by atoms with Crippen LogP contribution in [-0.2, 0) is 10.5 Å². The summed E-state index contributed by atoms with van der Waals surface area (Å²) in [5, 5.41) is 0.106. The summed E-state index contributed by atoms with van der Waals surface area (Å²) in [5.41, 5.74) is 2.63. The number of benzene rings is 1. The van der Waals surface area contributed by atoms with Crippen molar-refractivity contribution in [3.8, 4) is 0 Å². The molecule has 0 aliphatic heterocycles. The average molecular weight is 208 g/mol. The number of thioether (sulfide) groups is 1. The van der Waals surface area contributed by atoms with E-state index >= 15 is 0 Å². The Kier molecular flexibility index (Phi) is 4.21. The molecule has 0 aromatic heterocycles. The Morgan fingerprint density at radius 3 is 2.64 bits per heavy atom. The molecule has 0 N–H and O–H groups in total. The van der Waals surface area contributed by atoms with Crippen LogP contribution in [0.25, 0.3) is 0 Å². The standard InChI is InChI=1S/C12H16OS/c1-9-6-4-5-7-12(9)8-14-11(3)10(2)13/h4-7,11H,8H2,1-3H3. The lowest BCUT2D eigenvalue weighted by Crippen LogP contribution is -2.08. The number of carbonyl (C=O) groups excluding carboxylic acids is 1. The highest BCUT2D eigenvalue weighted by Crippen LogP contribution is 2.20. The Bertz CT molecular complexity index is 320. The van der Waals surface area contributed by atoms with E-state index in [9.17, 15) is 4.79 Å². The summed E-state index contributed by atoms with van der Waals surface area (Å²) < 4.78 is 0. The van der Waals surface area contributed by atoms with Gasteiger partial charge in [0.1, 0.15) is 5.78 Å². The van der Waals surface area contributed by atoms with Crippen molar-refractivity contribution in [1.29, 1.82) is 0 Å². The van der Waals surface area contributed by atoms with Crippen LogP contribution in [0.2, 0.25) is 0 Å². The van der Waals surface area contributed by atoms with Gasteiger partial charge >= 0.3 is 0 Å². The number of Topliss-reactive ketones (excluding diaryl/α,β-unsaturated/α-hetero) is 1. The van der Waals surface area contributed by atoms with E-state index in [1.54, 1.807) is 18.7 Å². The molecule has 1 unspecified atom stereocenters. The van der Waals surface area contributed by atoms with Crippen molar-refractivity contribution in [2.75, 3.05) is 0 Å². The van der Waals surface area contributed by atoms with Gasteiger partial charge in [0.2, 0.25) is 0 Å². The number of rotatable bonds is 4. The summed E-state index contributed by atoms with van der Waals surface area (Å²) in [6, 6.07) is 8.31. The van der Waals surface area contributed by atoms with Gasteiger partial charge in [-0.3, -0.25) is 4.79 Å². The van der Waals surface area contributed by atoms with Crippen LogP contribution in [0.3, 0.4) is 0 Å². The maximum atomic E-state index is 11.0. The number of ketones is 1. The van der Waals surface area contributed by atoms with E-state index in [1.807, 2.05) is 19.1 Å². The van der Waals surface area contributed by atoms with Crippen molar-refractivity contribution in [3.05, 3.63) is 35.4 Å². The molecule has 2 heteroatoms. The molecule has 0 amide bonds. The molecule has 0 radical (unpaired) electrons. The van der Waals surface area contributed by atoms with Crippen LogP contribution in [0.4, 0.5) is 0 Å². The molecule has 0 heterocycles. The molecule has 1 atom stereocenters. The van der Waals surface area contributed by atoms with E-state index < -0.39 is 0 Å². The zero-order valence-corrected chi connectivity index (χ0v) is 9.73. The molecule has 0 aliphatic carbocycles. The number of hydrogen-bond acceptors (Lipinski definition) is 2. The first-order chi connectivity index (χ1) is 6.61. The van der Waals surface area contributed by atoms with Gasteiger partial charge < -0.3 is 0 Å². The lowest BCUT2D eigenvalue weighted by Gasteiger charge is -2.08. The SMILES string of the molecule is CC(=O)C(C)SCc1ccccc1C. The molecule has 1 aromatic rings. The second-order valence-electron chi connectivity index (χ2n) is 3.49. The lowest BCUT2D eigenvalue weighted by atomic mass is 10.1. The van der Waals surface area contributed by atoms with Crippen molar-refractivity contribution in [3.63, 3.8) is 0 Å². The van der Waals surface area contributed by atoms with Gasteiger partial charge in [-0.1, -0.05) is 24.3 Å². The highest BCUT2D eigenvalue weighted by molar-refractivity contribution is 7.99. The van der Waals surface area contributed by atoms with Gasteiger partial charge in [0.25, 0.3) is 0 Å². The summed E-state index contributed by atoms with van der Waals surface area (Å²) in [4.78, 5) is 11.0. The summed E-state index contributed by atoms with van der Waals surface area (Å²) >= 11 is 1.70. The minimum absolute atomic E-state index is 0.106. The molecule has 0 saturated carbocycles. The van der Waals surface area contributed by atoms with Gasteiger partial charge in [-0.2, -0.15) is 0 Å². The Balaban J connectivity index is 2.54. The van der Waals surface area contributed by atoms with Crippen LogP contribution in [0.15, 0.2) is 24.3 Å². The number of aryl methyl sites for hydroxylation is 1. The molecular weight excluding hydrogens is 192 g/mol. The van der Waals surface area contributed by atoms with Gasteiger partial charge in [-0.15, -0.1) is 11.8 Å². The van der Waals surface area contributed by atoms with E-state index in [-0.39, 0.29) is 11.0 Å². The molecule has 1 nitrogen and oxygen atoms in total. The molecule has 0 fully saturated rings. The molecular formula is C12H16OS. The smallest absolute Gasteiger partial charge is 0.142 e. The number of hydrogen-bond donors (Lipinski definition) is 0. The monoisotopic (exact) mass is 208 g/mol. The van der Waals surface area contributed by atoms with E-state index in [2.05, 4.69) is 19.1 Å². The fraction of sp³-hybridized carbons (Fsp3) is 0.417. The minimum atomic E-state index is 0.106. The maximum absolute atomic E-state index is 11.0. The highest BCUT2D eigenvalue weighted by Gasteiger charge is 2.08. The first-order valence-corrected chi connectivity index (χ1v) is 5.82. The first kappa shape index (κ1) is 11.3. The van der Waals surface area contributed by atoms with Gasteiger partial charge in [-0.05, 0) is 31.9 Å². The van der Waals surface area contributed by atoms with Gasteiger partial charge in [-0.25, -0.2) is 0 Å². The third-order valence-corrected chi connectivity index (χ3v) is 3.63. The second kappa shape index (κ2) is 5.20. The Morgan fingerprint density at radius 1 is 1.43 bits per heavy atom. The Morgan fingerprint density at radius 2 is 2.07 bits per heavy atom. The minimum Gasteiger partial charge on any atom is -0.299 e. The summed E-state index contributed by atoms with van der Waals surface area (Å²) in [6.07, 6.45) is 0. The average Bonchev–Trinajstić information content (AvgIpc) is 2.16. The highest BCUT2D eigenvalue weighted by atomic mass is 32.2. The first-order valence-electron chi connectivity index (χ1n) is 4.78. The molecule has 14 heavy (non-hydrogen) atoms. The third kappa shape index (κ3) is 3.18. The van der Waals surface area contributed by atoms with Gasteiger partial charge in [0.05, 0.1) is 5.25 Å². The number of carbonyl (C=O) groups is 1. The molecule has 0 aliphatic rings. The molecule has 0 saturated heterocycles. The summed E-state index contributed by atoms with van der Waals surface area (Å²) in [7, 11) is 0. The summed E-state index contributed by atoms with van der Waals surface area (Å²) in [6.45, 7) is 5.72. The van der Waals surface area contributed by atoms with Crippen LogP contribution < -0.4 is 0 Å². The van der Waals surface area contributed by atoms with E-state index in [0.717, 1.165) is 5.75 Å². The second-order valence-corrected chi connectivity index (χ2v) is 4.82. The van der Waals surface area contributed by atoms with Crippen LogP contribution in [-0.4, -0.2) is 11.0 Å². The summed E-state index contributed by atoms with van der Waals surface area (Å²) in [5.74, 6) is 1.18. The third-order valence-electron chi connectivity index (χ3n) is 2.32. The fourth-order valence-electron chi connectivity index (χ4n) is 1.10. The van der Waals surface area contributed by atoms with Crippen LogP contribution in [0.1, 0.15) is 25.0 Å². The zero-order chi connectivity index (χ0) is 10.6.